The van der Waals surface area contributed by atoms with Crippen molar-refractivity contribution in [1.29, 1.82) is 0 Å². The number of carbonyl (C=O) groups excluding carboxylic acids is 1. The summed E-state index contributed by atoms with van der Waals surface area (Å²) in [6.45, 7) is 3.68. The second-order valence-corrected chi connectivity index (χ2v) is 4.88. The number of ether oxygens (including phenoxy) is 1. The van der Waals surface area contributed by atoms with Crippen LogP contribution in [0.15, 0.2) is 24.3 Å². The molecule has 0 spiro atoms. The minimum absolute atomic E-state index is 0.155. The van der Waals surface area contributed by atoms with Gasteiger partial charge in [-0.05, 0) is 18.1 Å². The summed E-state index contributed by atoms with van der Waals surface area (Å²) in [5.41, 5.74) is 0.575. The number of para-hydroxylation sites is 2. The molecule has 21 heavy (non-hydrogen) atoms. The van der Waals surface area contributed by atoms with Crippen molar-refractivity contribution in [2.75, 3.05) is 19.1 Å². The molecule has 2 N–H and O–H groups in total. The number of nitrogens with zero attached hydrogens (tertiary/aromatic N) is 1. The lowest BCUT2D eigenvalue weighted by Crippen LogP contribution is -2.49. The molecule has 1 aromatic carbocycles. The number of urea groups is 1. The molecule has 0 heterocycles. The van der Waals surface area contributed by atoms with E-state index in [1.165, 1.54) is 12.0 Å². The van der Waals surface area contributed by atoms with Crippen LogP contribution in [0.5, 0.6) is 5.75 Å². The van der Waals surface area contributed by atoms with Crippen molar-refractivity contribution < 1.29 is 19.4 Å². The molecule has 6 heteroatoms. The number of benzene rings is 1. The fourth-order valence-corrected chi connectivity index (χ4v) is 1.93. The van der Waals surface area contributed by atoms with E-state index in [0.29, 0.717) is 17.9 Å². The van der Waals surface area contributed by atoms with Crippen LogP contribution < -0.4 is 15.0 Å². The van der Waals surface area contributed by atoms with Crippen LogP contribution in [0.1, 0.15) is 20.3 Å². The zero-order chi connectivity index (χ0) is 16.0. The summed E-state index contributed by atoms with van der Waals surface area (Å²) in [6.07, 6.45) is 0.662. The Morgan fingerprint density at radius 1 is 1.38 bits per heavy atom. The van der Waals surface area contributed by atoms with Gasteiger partial charge in [-0.25, -0.2) is 9.59 Å². The highest BCUT2D eigenvalue weighted by molar-refractivity contribution is 5.95. The first kappa shape index (κ1) is 16.8. The fourth-order valence-electron chi connectivity index (χ4n) is 1.93. The number of amides is 2. The van der Waals surface area contributed by atoms with Gasteiger partial charge in [-0.1, -0.05) is 32.4 Å². The summed E-state index contributed by atoms with van der Waals surface area (Å²) in [5, 5.41) is 11.8. The van der Waals surface area contributed by atoms with Crippen molar-refractivity contribution in [3.63, 3.8) is 0 Å². The van der Waals surface area contributed by atoms with E-state index in [2.05, 4.69) is 5.32 Å². The predicted octanol–water partition coefficient (Wildman–Crippen LogP) is 2.34. The third-order valence-corrected chi connectivity index (χ3v) is 3.51. The van der Waals surface area contributed by atoms with Gasteiger partial charge in [0.15, 0.2) is 0 Å². The number of carbonyl (C=O) groups is 2. The molecule has 0 radical (unpaired) electrons. The van der Waals surface area contributed by atoms with Crippen LogP contribution in [-0.4, -0.2) is 37.3 Å². The normalized spacial score (nSPS) is 13.1. The molecule has 0 aliphatic heterocycles. The highest BCUT2D eigenvalue weighted by Crippen LogP contribution is 2.26. The standard InChI is InChI=1S/C15H22N2O4/c1-5-10(2)13(14(18)19)16-15(20)17(3)11-8-6-7-9-12(11)21-4/h6-10,13H,5H2,1-4H3,(H,16,20)(H,18,19)/t10?,13-/m0/s1. The number of anilines is 1. The van der Waals surface area contributed by atoms with Crippen LogP contribution in [0.3, 0.4) is 0 Å². The monoisotopic (exact) mass is 294 g/mol. The molecule has 2 atom stereocenters. The molecule has 0 aliphatic rings. The molecule has 0 saturated heterocycles. The molecular formula is C15H22N2O4. The van der Waals surface area contributed by atoms with Gasteiger partial charge in [-0.3, -0.25) is 4.90 Å². The highest BCUT2D eigenvalue weighted by Gasteiger charge is 2.27. The minimum atomic E-state index is -1.04. The molecule has 6 nitrogen and oxygen atoms in total. The topological polar surface area (TPSA) is 78.9 Å². The molecule has 0 fully saturated rings. The van der Waals surface area contributed by atoms with Gasteiger partial charge in [0.25, 0.3) is 0 Å². The maximum atomic E-state index is 12.2. The Morgan fingerprint density at radius 3 is 2.52 bits per heavy atom. The summed E-state index contributed by atoms with van der Waals surface area (Å²) in [7, 11) is 3.09. The Morgan fingerprint density at radius 2 is 2.00 bits per heavy atom. The van der Waals surface area contributed by atoms with Gasteiger partial charge in [0.1, 0.15) is 11.8 Å². The minimum Gasteiger partial charge on any atom is -0.495 e. The van der Waals surface area contributed by atoms with E-state index < -0.39 is 18.0 Å². The molecule has 2 amide bonds. The van der Waals surface area contributed by atoms with E-state index in [-0.39, 0.29) is 5.92 Å². The number of carboxylic acids is 1. The Kier molecular flexibility index (Phi) is 6.02. The van der Waals surface area contributed by atoms with Gasteiger partial charge in [0.05, 0.1) is 12.8 Å². The molecule has 1 rings (SSSR count). The Bertz CT molecular complexity index is 504. The molecule has 0 saturated carbocycles. The molecule has 0 bridgehead atoms. The third-order valence-electron chi connectivity index (χ3n) is 3.51. The zero-order valence-electron chi connectivity index (χ0n) is 12.8. The van der Waals surface area contributed by atoms with Crippen molar-refractivity contribution in [2.45, 2.75) is 26.3 Å². The van der Waals surface area contributed by atoms with Crippen molar-refractivity contribution >= 4 is 17.7 Å². The van der Waals surface area contributed by atoms with Crippen LogP contribution in [0.25, 0.3) is 0 Å². The first-order chi connectivity index (χ1) is 9.92. The lowest BCUT2D eigenvalue weighted by Gasteiger charge is -2.25. The van der Waals surface area contributed by atoms with Crippen molar-refractivity contribution in [2.24, 2.45) is 5.92 Å². The van der Waals surface area contributed by atoms with Gasteiger partial charge in [-0.2, -0.15) is 0 Å². The number of methoxy groups -OCH3 is 1. The Labute approximate surface area is 124 Å². The average Bonchev–Trinajstić information content (AvgIpc) is 2.50. The smallest absolute Gasteiger partial charge is 0.326 e. The van der Waals surface area contributed by atoms with Gasteiger partial charge < -0.3 is 15.2 Å². The second-order valence-electron chi connectivity index (χ2n) is 4.88. The van der Waals surface area contributed by atoms with E-state index in [9.17, 15) is 14.7 Å². The summed E-state index contributed by atoms with van der Waals surface area (Å²) in [5.74, 6) is -0.644. The Hall–Kier alpha value is -2.24. The van der Waals surface area contributed by atoms with E-state index in [1.54, 1.807) is 38.2 Å². The van der Waals surface area contributed by atoms with Gasteiger partial charge >= 0.3 is 12.0 Å². The number of hydrogen-bond acceptors (Lipinski definition) is 3. The average molecular weight is 294 g/mol. The summed E-state index contributed by atoms with van der Waals surface area (Å²) >= 11 is 0. The van der Waals surface area contributed by atoms with Crippen molar-refractivity contribution in [3.8, 4) is 5.75 Å². The van der Waals surface area contributed by atoms with E-state index >= 15 is 0 Å². The maximum Gasteiger partial charge on any atom is 0.326 e. The van der Waals surface area contributed by atoms with Crippen LogP contribution in [0.4, 0.5) is 10.5 Å². The van der Waals surface area contributed by atoms with Crippen LogP contribution >= 0.6 is 0 Å². The lowest BCUT2D eigenvalue weighted by atomic mass is 9.99. The highest BCUT2D eigenvalue weighted by atomic mass is 16.5. The van der Waals surface area contributed by atoms with Gasteiger partial charge in [0.2, 0.25) is 0 Å². The quantitative estimate of drug-likeness (QED) is 0.844. The fraction of sp³-hybridized carbons (Fsp3) is 0.467. The molecule has 1 unspecified atom stereocenters. The molecule has 1 aromatic rings. The zero-order valence-corrected chi connectivity index (χ0v) is 12.8. The van der Waals surface area contributed by atoms with Crippen LogP contribution in [0, 0.1) is 5.92 Å². The number of rotatable bonds is 6. The number of carboxylic acid groups (broad SMARTS) is 1. The Balaban J connectivity index is 2.89. The molecule has 0 aromatic heterocycles. The first-order valence-corrected chi connectivity index (χ1v) is 6.82. The predicted molar refractivity (Wildman–Crippen MR) is 80.8 cm³/mol. The number of aliphatic carboxylic acids is 1. The van der Waals surface area contributed by atoms with E-state index in [0.717, 1.165) is 0 Å². The SMILES string of the molecule is CCC(C)[C@H](NC(=O)N(C)c1ccccc1OC)C(=O)O. The van der Waals surface area contributed by atoms with Gasteiger partial charge in [-0.15, -0.1) is 0 Å². The van der Waals surface area contributed by atoms with Crippen molar-refractivity contribution in [1.82, 2.24) is 5.32 Å². The van der Waals surface area contributed by atoms with Crippen molar-refractivity contribution in [3.05, 3.63) is 24.3 Å². The number of hydrogen-bond donors (Lipinski definition) is 2. The lowest BCUT2D eigenvalue weighted by molar-refractivity contribution is -0.140. The molecule has 116 valence electrons. The summed E-state index contributed by atoms with van der Waals surface area (Å²) in [4.78, 5) is 24.8. The largest absolute Gasteiger partial charge is 0.495 e. The first-order valence-electron chi connectivity index (χ1n) is 6.82. The summed E-state index contributed by atoms with van der Waals surface area (Å²) < 4.78 is 5.20. The van der Waals surface area contributed by atoms with E-state index in [4.69, 9.17) is 4.74 Å². The number of nitrogens with one attached hydrogen (secondary N) is 1. The second kappa shape index (κ2) is 7.52. The van der Waals surface area contributed by atoms with E-state index in [1.807, 2.05) is 6.92 Å². The molecular weight excluding hydrogens is 272 g/mol. The summed E-state index contributed by atoms with van der Waals surface area (Å²) in [6, 6.07) is 5.66. The maximum absolute atomic E-state index is 12.2. The van der Waals surface area contributed by atoms with Crippen LogP contribution in [-0.2, 0) is 4.79 Å². The van der Waals surface area contributed by atoms with Gasteiger partial charge in [0, 0.05) is 7.05 Å². The molecule has 0 aliphatic carbocycles. The van der Waals surface area contributed by atoms with Crippen LogP contribution in [0.2, 0.25) is 0 Å². The third kappa shape index (κ3) is 4.11.